The van der Waals surface area contributed by atoms with Crippen LogP contribution >= 0.6 is 0 Å². The quantitative estimate of drug-likeness (QED) is 0.605. The van der Waals surface area contributed by atoms with Gasteiger partial charge in [-0.25, -0.2) is 0 Å². The Balaban J connectivity index is 0.000000371. The summed E-state index contributed by atoms with van der Waals surface area (Å²) in [4.78, 5) is 0. The van der Waals surface area contributed by atoms with Crippen LogP contribution in [0.1, 0.15) is 26.2 Å². The van der Waals surface area contributed by atoms with Crippen LogP contribution in [0.4, 0.5) is 0 Å². The van der Waals surface area contributed by atoms with Crippen molar-refractivity contribution in [3.8, 4) is 0 Å². The molecule has 1 atom stereocenters. The van der Waals surface area contributed by atoms with E-state index in [1.807, 2.05) is 0 Å². The van der Waals surface area contributed by atoms with Crippen LogP contribution in [0.15, 0.2) is 0 Å². The second-order valence-corrected chi connectivity index (χ2v) is 2.49. The molecule has 1 unspecified atom stereocenters. The van der Waals surface area contributed by atoms with Gasteiger partial charge < -0.3 is 10.5 Å². The SMILES string of the molecule is CCC1CCCOC1.CN. The van der Waals surface area contributed by atoms with Crippen LogP contribution in [0.25, 0.3) is 0 Å². The first-order valence-electron chi connectivity index (χ1n) is 4.09. The van der Waals surface area contributed by atoms with Gasteiger partial charge in [0.25, 0.3) is 0 Å². The van der Waals surface area contributed by atoms with Gasteiger partial charge in [0, 0.05) is 13.2 Å². The topological polar surface area (TPSA) is 35.2 Å². The highest BCUT2D eigenvalue weighted by Crippen LogP contribution is 2.15. The molecule has 62 valence electrons. The van der Waals surface area contributed by atoms with Gasteiger partial charge in [0.2, 0.25) is 0 Å². The molecule has 1 heterocycles. The average Bonchev–Trinajstić information content (AvgIpc) is 2.10. The zero-order valence-electron chi connectivity index (χ0n) is 7.10. The van der Waals surface area contributed by atoms with Gasteiger partial charge in [-0.05, 0) is 25.8 Å². The second kappa shape index (κ2) is 7.03. The van der Waals surface area contributed by atoms with Crippen molar-refractivity contribution in [3.63, 3.8) is 0 Å². The minimum Gasteiger partial charge on any atom is -0.381 e. The van der Waals surface area contributed by atoms with Crippen molar-refractivity contribution in [1.82, 2.24) is 0 Å². The number of nitrogens with two attached hydrogens (primary N) is 1. The fourth-order valence-corrected chi connectivity index (χ4v) is 1.13. The molecule has 0 aromatic heterocycles. The van der Waals surface area contributed by atoms with Crippen LogP contribution in [-0.4, -0.2) is 20.3 Å². The Morgan fingerprint density at radius 3 is 2.50 bits per heavy atom. The monoisotopic (exact) mass is 145 g/mol. The number of ether oxygens (including phenoxy) is 1. The summed E-state index contributed by atoms with van der Waals surface area (Å²) in [5, 5.41) is 0. The molecule has 1 rings (SSSR count). The summed E-state index contributed by atoms with van der Waals surface area (Å²) in [5.41, 5.74) is 4.50. The van der Waals surface area contributed by atoms with E-state index in [4.69, 9.17) is 4.74 Å². The van der Waals surface area contributed by atoms with Gasteiger partial charge in [0.15, 0.2) is 0 Å². The molecule has 1 aliphatic rings. The Kier molecular flexibility index (Phi) is 6.98. The summed E-state index contributed by atoms with van der Waals surface area (Å²) in [6.07, 6.45) is 3.95. The molecule has 2 nitrogen and oxygen atoms in total. The minimum absolute atomic E-state index is 0.865. The Bertz CT molecular complexity index is 60.3. The molecule has 0 aliphatic carbocycles. The molecule has 2 heteroatoms. The van der Waals surface area contributed by atoms with Crippen molar-refractivity contribution in [2.75, 3.05) is 20.3 Å². The van der Waals surface area contributed by atoms with E-state index in [1.165, 1.54) is 26.3 Å². The van der Waals surface area contributed by atoms with Crippen LogP contribution in [-0.2, 0) is 4.74 Å². The molecule has 0 aromatic rings. The van der Waals surface area contributed by atoms with Crippen LogP contribution in [0.2, 0.25) is 0 Å². The summed E-state index contributed by atoms with van der Waals surface area (Å²) in [7, 11) is 1.50. The molecule has 0 amide bonds. The first-order valence-corrected chi connectivity index (χ1v) is 4.09. The molecule has 1 aliphatic heterocycles. The fourth-order valence-electron chi connectivity index (χ4n) is 1.13. The van der Waals surface area contributed by atoms with E-state index in [1.54, 1.807) is 0 Å². The van der Waals surface area contributed by atoms with E-state index in [2.05, 4.69) is 12.7 Å². The van der Waals surface area contributed by atoms with Gasteiger partial charge in [0.1, 0.15) is 0 Å². The third-order valence-corrected chi connectivity index (χ3v) is 1.83. The number of hydrogen-bond acceptors (Lipinski definition) is 2. The standard InChI is InChI=1S/C7H14O.CH5N/c1-2-7-4-3-5-8-6-7;1-2/h7H,2-6H2,1H3;2H2,1H3. The molecular formula is C8H19NO. The van der Waals surface area contributed by atoms with Gasteiger partial charge in [-0.2, -0.15) is 0 Å². The lowest BCUT2D eigenvalue weighted by Gasteiger charge is -2.19. The summed E-state index contributed by atoms with van der Waals surface area (Å²) in [6.45, 7) is 4.24. The van der Waals surface area contributed by atoms with E-state index in [-0.39, 0.29) is 0 Å². The van der Waals surface area contributed by atoms with E-state index >= 15 is 0 Å². The van der Waals surface area contributed by atoms with Crippen molar-refractivity contribution in [1.29, 1.82) is 0 Å². The smallest absolute Gasteiger partial charge is 0.0494 e. The lowest BCUT2D eigenvalue weighted by Crippen LogP contribution is -2.15. The Morgan fingerprint density at radius 2 is 2.20 bits per heavy atom. The number of hydrogen-bond donors (Lipinski definition) is 1. The highest BCUT2D eigenvalue weighted by Gasteiger charge is 2.09. The molecule has 0 saturated carbocycles. The average molecular weight is 145 g/mol. The second-order valence-electron chi connectivity index (χ2n) is 2.49. The largest absolute Gasteiger partial charge is 0.381 e. The number of rotatable bonds is 1. The third kappa shape index (κ3) is 3.85. The zero-order valence-corrected chi connectivity index (χ0v) is 7.10. The van der Waals surface area contributed by atoms with Crippen molar-refractivity contribution in [3.05, 3.63) is 0 Å². The van der Waals surface area contributed by atoms with Crippen molar-refractivity contribution in [2.24, 2.45) is 11.7 Å². The van der Waals surface area contributed by atoms with Crippen LogP contribution in [0.5, 0.6) is 0 Å². The Morgan fingerprint density at radius 1 is 1.50 bits per heavy atom. The van der Waals surface area contributed by atoms with Crippen molar-refractivity contribution in [2.45, 2.75) is 26.2 Å². The molecule has 0 spiro atoms. The van der Waals surface area contributed by atoms with Gasteiger partial charge in [-0.3, -0.25) is 0 Å². The first kappa shape index (κ1) is 9.92. The molecule has 0 bridgehead atoms. The third-order valence-electron chi connectivity index (χ3n) is 1.83. The first-order chi connectivity index (χ1) is 4.93. The van der Waals surface area contributed by atoms with Gasteiger partial charge >= 0.3 is 0 Å². The van der Waals surface area contributed by atoms with E-state index in [0.717, 1.165) is 19.1 Å². The maximum atomic E-state index is 5.27. The maximum Gasteiger partial charge on any atom is 0.0494 e. The highest BCUT2D eigenvalue weighted by atomic mass is 16.5. The molecule has 0 radical (unpaired) electrons. The molecule has 0 aromatic carbocycles. The van der Waals surface area contributed by atoms with Gasteiger partial charge in [-0.15, -0.1) is 0 Å². The molecule has 1 saturated heterocycles. The normalized spacial score (nSPS) is 24.9. The summed E-state index contributed by atoms with van der Waals surface area (Å²) < 4.78 is 5.27. The Labute approximate surface area is 63.7 Å². The highest BCUT2D eigenvalue weighted by molar-refractivity contribution is 4.59. The predicted octanol–water partition coefficient (Wildman–Crippen LogP) is 1.40. The van der Waals surface area contributed by atoms with Crippen LogP contribution < -0.4 is 5.73 Å². The van der Waals surface area contributed by atoms with Crippen LogP contribution in [0, 0.1) is 5.92 Å². The zero-order chi connectivity index (χ0) is 7.82. The maximum absolute atomic E-state index is 5.27. The summed E-state index contributed by atoms with van der Waals surface area (Å²) in [5.74, 6) is 0.865. The van der Waals surface area contributed by atoms with Crippen molar-refractivity contribution >= 4 is 0 Å². The predicted molar refractivity (Wildman–Crippen MR) is 43.9 cm³/mol. The fraction of sp³-hybridized carbons (Fsp3) is 1.00. The lowest BCUT2D eigenvalue weighted by molar-refractivity contribution is 0.0535. The molecule has 10 heavy (non-hydrogen) atoms. The van der Waals surface area contributed by atoms with E-state index in [0.29, 0.717) is 0 Å². The van der Waals surface area contributed by atoms with E-state index in [9.17, 15) is 0 Å². The molecular weight excluding hydrogens is 126 g/mol. The lowest BCUT2D eigenvalue weighted by atomic mass is 10.0. The minimum atomic E-state index is 0.865. The van der Waals surface area contributed by atoms with Gasteiger partial charge in [-0.1, -0.05) is 13.3 Å². The molecule has 2 N–H and O–H groups in total. The molecule has 1 fully saturated rings. The van der Waals surface area contributed by atoms with E-state index < -0.39 is 0 Å². The Hall–Kier alpha value is -0.0800. The summed E-state index contributed by atoms with van der Waals surface area (Å²) >= 11 is 0. The summed E-state index contributed by atoms with van der Waals surface area (Å²) in [6, 6.07) is 0. The van der Waals surface area contributed by atoms with Crippen LogP contribution in [0.3, 0.4) is 0 Å². The van der Waals surface area contributed by atoms with Crippen molar-refractivity contribution < 1.29 is 4.74 Å². The van der Waals surface area contributed by atoms with Gasteiger partial charge in [0.05, 0.1) is 0 Å².